The number of carboxylic acids is 1. The lowest BCUT2D eigenvalue weighted by Crippen LogP contribution is -2.02. The Labute approximate surface area is 118 Å². The van der Waals surface area contributed by atoms with Crippen LogP contribution >= 0.6 is 0 Å². The minimum Gasteiger partial charge on any atom is -0.481 e. The van der Waals surface area contributed by atoms with Gasteiger partial charge in [0.15, 0.2) is 0 Å². The maximum absolute atomic E-state index is 10.5. The molecule has 106 valence electrons. The van der Waals surface area contributed by atoms with E-state index in [1.807, 2.05) is 24.3 Å². The van der Waals surface area contributed by atoms with Crippen LogP contribution < -0.4 is 0 Å². The van der Waals surface area contributed by atoms with Gasteiger partial charge in [0.2, 0.25) is 0 Å². The largest absolute Gasteiger partial charge is 0.481 e. The number of hydrogen-bond donors (Lipinski definition) is 1. The van der Waals surface area contributed by atoms with Crippen LogP contribution in [0.5, 0.6) is 0 Å². The highest BCUT2D eigenvalue weighted by molar-refractivity contribution is 5.80. The van der Waals surface area contributed by atoms with Crippen LogP contribution in [0, 0.1) is 0 Å². The van der Waals surface area contributed by atoms with Gasteiger partial charge in [-0.25, -0.2) is 9.97 Å². The first-order chi connectivity index (χ1) is 9.70. The van der Waals surface area contributed by atoms with E-state index in [4.69, 9.17) is 5.11 Å². The van der Waals surface area contributed by atoms with Gasteiger partial charge >= 0.3 is 5.97 Å². The van der Waals surface area contributed by atoms with Crippen molar-refractivity contribution in [2.75, 3.05) is 0 Å². The normalized spacial score (nSPS) is 10.8. The Balaban J connectivity index is 2.18. The summed E-state index contributed by atoms with van der Waals surface area (Å²) in [5, 5.41) is 9.76. The van der Waals surface area contributed by atoms with E-state index in [0.29, 0.717) is 6.42 Å². The first-order valence-electron chi connectivity index (χ1n) is 7.17. The van der Waals surface area contributed by atoms with Gasteiger partial charge in [0.1, 0.15) is 5.82 Å². The van der Waals surface area contributed by atoms with Crippen LogP contribution in [0.1, 0.15) is 44.1 Å². The zero-order valence-electron chi connectivity index (χ0n) is 11.8. The number of fused-ring (bicyclic) bond motifs is 1. The Hall–Kier alpha value is -1.97. The molecule has 0 aliphatic carbocycles. The van der Waals surface area contributed by atoms with Crippen molar-refractivity contribution in [3.63, 3.8) is 0 Å². The first-order valence-corrected chi connectivity index (χ1v) is 7.17. The molecule has 2 rings (SSSR count). The zero-order chi connectivity index (χ0) is 14.4. The second-order valence-corrected chi connectivity index (χ2v) is 4.95. The van der Waals surface area contributed by atoms with Crippen molar-refractivity contribution in [2.45, 2.75) is 45.4 Å². The summed E-state index contributed by atoms with van der Waals surface area (Å²) in [6.45, 7) is 2.12. The number of benzene rings is 1. The summed E-state index contributed by atoms with van der Waals surface area (Å²) in [6, 6.07) is 8.03. The minimum absolute atomic E-state index is 0.227. The Kier molecular flexibility index (Phi) is 5.04. The fourth-order valence-electron chi connectivity index (χ4n) is 2.29. The molecule has 0 saturated heterocycles. The molecule has 0 radical (unpaired) electrons. The molecule has 1 aromatic carbocycles. The van der Waals surface area contributed by atoms with Crippen molar-refractivity contribution in [3.8, 4) is 0 Å². The molecule has 0 aliphatic rings. The lowest BCUT2D eigenvalue weighted by molar-refractivity contribution is -0.137. The lowest BCUT2D eigenvalue weighted by Gasteiger charge is -2.08. The molecule has 1 heterocycles. The van der Waals surface area contributed by atoms with Crippen LogP contribution in [0.25, 0.3) is 10.9 Å². The molecule has 4 nitrogen and oxygen atoms in total. The van der Waals surface area contributed by atoms with Crippen molar-refractivity contribution in [1.29, 1.82) is 0 Å². The highest BCUT2D eigenvalue weighted by Crippen LogP contribution is 2.18. The molecule has 1 N–H and O–H groups in total. The average molecular weight is 272 g/mol. The molecule has 0 spiro atoms. The number of rotatable bonds is 7. The molecule has 0 saturated carbocycles. The van der Waals surface area contributed by atoms with Crippen LogP contribution in [0.4, 0.5) is 0 Å². The monoisotopic (exact) mass is 272 g/mol. The van der Waals surface area contributed by atoms with E-state index in [9.17, 15) is 4.79 Å². The van der Waals surface area contributed by atoms with Gasteiger partial charge in [-0.1, -0.05) is 25.1 Å². The van der Waals surface area contributed by atoms with Crippen molar-refractivity contribution in [2.24, 2.45) is 0 Å². The third-order valence-corrected chi connectivity index (χ3v) is 3.26. The third-order valence-electron chi connectivity index (χ3n) is 3.26. The number of hydrogen-bond acceptors (Lipinski definition) is 3. The quantitative estimate of drug-likeness (QED) is 0.785. The molecular weight excluding hydrogens is 252 g/mol. The van der Waals surface area contributed by atoms with E-state index in [1.54, 1.807) is 0 Å². The van der Waals surface area contributed by atoms with Crippen molar-refractivity contribution in [1.82, 2.24) is 9.97 Å². The van der Waals surface area contributed by atoms with Gasteiger partial charge in [0.05, 0.1) is 11.2 Å². The van der Waals surface area contributed by atoms with E-state index < -0.39 is 5.97 Å². The number of aromatic nitrogens is 2. The number of carbonyl (C=O) groups is 1. The second-order valence-electron chi connectivity index (χ2n) is 4.95. The number of para-hydroxylation sites is 1. The van der Waals surface area contributed by atoms with Gasteiger partial charge in [-0.2, -0.15) is 0 Å². The molecule has 0 bridgehead atoms. The van der Waals surface area contributed by atoms with Gasteiger partial charge in [-0.15, -0.1) is 0 Å². The van der Waals surface area contributed by atoms with Gasteiger partial charge in [-0.05, 0) is 31.7 Å². The number of aliphatic carboxylic acids is 1. The molecule has 0 fully saturated rings. The Bertz CT molecular complexity index is 596. The highest BCUT2D eigenvalue weighted by Gasteiger charge is 2.07. The third kappa shape index (κ3) is 3.76. The maximum atomic E-state index is 10.5. The first kappa shape index (κ1) is 14.4. The average Bonchev–Trinajstić information content (AvgIpc) is 2.43. The molecule has 1 aromatic heterocycles. The van der Waals surface area contributed by atoms with Gasteiger partial charge in [0, 0.05) is 18.2 Å². The molecule has 0 unspecified atom stereocenters. The number of carboxylic acid groups (broad SMARTS) is 1. The fourth-order valence-corrected chi connectivity index (χ4v) is 2.29. The molecule has 0 atom stereocenters. The number of unbranched alkanes of at least 4 members (excludes halogenated alkanes) is 1. The lowest BCUT2D eigenvalue weighted by atomic mass is 10.1. The van der Waals surface area contributed by atoms with Crippen LogP contribution in [0.3, 0.4) is 0 Å². The fraction of sp³-hybridized carbons (Fsp3) is 0.438. The molecule has 0 amide bonds. The van der Waals surface area contributed by atoms with Crippen LogP contribution in [0.15, 0.2) is 24.3 Å². The summed E-state index contributed by atoms with van der Waals surface area (Å²) in [5.41, 5.74) is 2.03. The Morgan fingerprint density at radius 3 is 2.70 bits per heavy atom. The number of aryl methyl sites for hydroxylation is 2. The Morgan fingerprint density at radius 2 is 1.95 bits per heavy atom. The summed E-state index contributed by atoms with van der Waals surface area (Å²) in [7, 11) is 0. The summed E-state index contributed by atoms with van der Waals surface area (Å²) >= 11 is 0. The van der Waals surface area contributed by atoms with E-state index in [2.05, 4.69) is 16.9 Å². The molecule has 4 heteroatoms. The number of nitrogens with zero attached hydrogens (tertiary/aromatic N) is 2. The highest BCUT2D eigenvalue weighted by atomic mass is 16.4. The second kappa shape index (κ2) is 6.98. The van der Waals surface area contributed by atoms with Gasteiger partial charge in [-0.3, -0.25) is 4.79 Å². The van der Waals surface area contributed by atoms with Gasteiger partial charge < -0.3 is 5.11 Å². The Morgan fingerprint density at radius 1 is 1.15 bits per heavy atom. The zero-order valence-corrected chi connectivity index (χ0v) is 11.8. The molecule has 20 heavy (non-hydrogen) atoms. The van der Waals surface area contributed by atoms with E-state index in [-0.39, 0.29) is 6.42 Å². The predicted molar refractivity (Wildman–Crippen MR) is 78.7 cm³/mol. The van der Waals surface area contributed by atoms with Crippen LogP contribution in [0.2, 0.25) is 0 Å². The van der Waals surface area contributed by atoms with Crippen LogP contribution in [-0.2, 0) is 17.6 Å². The molecular formula is C16H20N2O2. The van der Waals surface area contributed by atoms with Crippen molar-refractivity contribution in [3.05, 3.63) is 35.8 Å². The van der Waals surface area contributed by atoms with Crippen molar-refractivity contribution >= 4 is 16.9 Å². The maximum Gasteiger partial charge on any atom is 0.303 e. The minimum atomic E-state index is -0.732. The molecule has 0 aliphatic heterocycles. The summed E-state index contributed by atoms with van der Waals surface area (Å²) < 4.78 is 0. The SMILES string of the molecule is CCCc1nc(CCCCC(=O)O)c2ccccc2n1. The smallest absolute Gasteiger partial charge is 0.303 e. The summed E-state index contributed by atoms with van der Waals surface area (Å²) in [6.07, 6.45) is 4.48. The van der Waals surface area contributed by atoms with Crippen LogP contribution in [-0.4, -0.2) is 21.0 Å². The van der Waals surface area contributed by atoms with E-state index in [0.717, 1.165) is 48.1 Å². The van der Waals surface area contributed by atoms with E-state index >= 15 is 0 Å². The summed E-state index contributed by atoms with van der Waals surface area (Å²) in [5.74, 6) is 0.156. The topological polar surface area (TPSA) is 63.1 Å². The standard InChI is InChI=1S/C16H20N2O2/c1-2-7-15-17-13-9-4-3-8-12(13)14(18-15)10-5-6-11-16(19)20/h3-4,8-9H,2,5-7,10-11H2,1H3,(H,19,20). The summed E-state index contributed by atoms with van der Waals surface area (Å²) in [4.78, 5) is 19.8. The predicted octanol–water partition coefficient (Wildman–Crippen LogP) is 3.38. The van der Waals surface area contributed by atoms with Crippen molar-refractivity contribution < 1.29 is 9.90 Å². The van der Waals surface area contributed by atoms with Gasteiger partial charge in [0.25, 0.3) is 0 Å². The molecule has 2 aromatic rings. The van der Waals surface area contributed by atoms with E-state index in [1.165, 1.54) is 0 Å².